The van der Waals surface area contributed by atoms with Crippen LogP contribution in [0.15, 0.2) is 48.7 Å². The minimum atomic E-state index is -0.984. The normalized spacial score (nSPS) is 11.9. The number of ether oxygens (including phenoxy) is 2. The van der Waals surface area contributed by atoms with Gasteiger partial charge in [-0.1, -0.05) is 30.3 Å². The van der Waals surface area contributed by atoms with Gasteiger partial charge in [0.25, 0.3) is 0 Å². The van der Waals surface area contributed by atoms with E-state index in [-0.39, 0.29) is 6.42 Å². The Morgan fingerprint density at radius 1 is 1.21 bits per heavy atom. The largest absolute Gasteiger partial charge is 0.492 e. The first-order chi connectivity index (χ1) is 14.1. The second-order valence-electron chi connectivity index (χ2n) is 6.46. The van der Waals surface area contributed by atoms with Crippen LogP contribution in [0.25, 0.3) is 10.6 Å². The zero-order chi connectivity index (χ0) is 20.6. The summed E-state index contributed by atoms with van der Waals surface area (Å²) in [5, 5.41) is 10.2. The van der Waals surface area contributed by atoms with Gasteiger partial charge in [0.2, 0.25) is 0 Å². The molecule has 0 spiro atoms. The van der Waals surface area contributed by atoms with Gasteiger partial charge in [0.1, 0.15) is 10.8 Å². The molecule has 2 heterocycles. The van der Waals surface area contributed by atoms with E-state index >= 15 is 0 Å². The molecule has 0 amide bonds. The van der Waals surface area contributed by atoms with Crippen molar-refractivity contribution in [3.8, 4) is 16.3 Å². The summed E-state index contributed by atoms with van der Waals surface area (Å²) in [5.41, 5.74) is 2.82. The number of carboxylic acid groups (broad SMARTS) is 1. The molecule has 0 fully saturated rings. The molecule has 0 aliphatic heterocycles. The van der Waals surface area contributed by atoms with Crippen LogP contribution in [0.2, 0.25) is 0 Å². The van der Waals surface area contributed by atoms with Crippen molar-refractivity contribution in [3.63, 3.8) is 0 Å². The number of pyridine rings is 1. The summed E-state index contributed by atoms with van der Waals surface area (Å²) in [6.45, 7) is 4.69. The van der Waals surface area contributed by atoms with E-state index in [1.54, 1.807) is 36.6 Å². The van der Waals surface area contributed by atoms with Gasteiger partial charge in [-0.3, -0.25) is 4.98 Å². The van der Waals surface area contributed by atoms with Crippen molar-refractivity contribution in [3.05, 3.63) is 64.9 Å². The Balaban J connectivity index is 1.53. The molecule has 1 unspecified atom stereocenters. The average Bonchev–Trinajstić information content (AvgIpc) is 3.10. The summed E-state index contributed by atoms with van der Waals surface area (Å²) in [6.07, 6.45) is 1.67. The molecule has 0 saturated carbocycles. The fourth-order valence-corrected chi connectivity index (χ4v) is 3.82. The number of aliphatic carboxylic acids is 1. The van der Waals surface area contributed by atoms with Gasteiger partial charge >= 0.3 is 5.97 Å². The fourth-order valence-electron chi connectivity index (χ4n) is 2.86. The van der Waals surface area contributed by atoms with E-state index in [1.165, 1.54) is 4.88 Å². The number of hydrogen-bond donors (Lipinski definition) is 1. The van der Waals surface area contributed by atoms with Crippen LogP contribution in [-0.2, 0) is 22.4 Å². The fraction of sp³-hybridized carbons (Fsp3) is 0.318. The van der Waals surface area contributed by atoms with Gasteiger partial charge in [-0.05, 0) is 26.0 Å². The molecular formula is C22H24N2O4S. The van der Waals surface area contributed by atoms with Crippen molar-refractivity contribution in [2.24, 2.45) is 0 Å². The highest BCUT2D eigenvalue weighted by atomic mass is 32.1. The Kier molecular flexibility index (Phi) is 7.32. The van der Waals surface area contributed by atoms with Gasteiger partial charge in [0.15, 0.2) is 6.10 Å². The van der Waals surface area contributed by atoms with Crippen molar-refractivity contribution in [2.45, 2.75) is 32.8 Å². The van der Waals surface area contributed by atoms with Crippen molar-refractivity contribution in [2.75, 3.05) is 13.2 Å². The van der Waals surface area contributed by atoms with Crippen LogP contribution in [0, 0.1) is 6.92 Å². The summed E-state index contributed by atoms with van der Waals surface area (Å²) in [5.74, 6) is -0.337. The molecule has 3 aromatic rings. The molecule has 0 saturated heterocycles. The highest BCUT2D eigenvalue weighted by molar-refractivity contribution is 7.15. The first-order valence-corrected chi connectivity index (χ1v) is 10.3. The van der Waals surface area contributed by atoms with Gasteiger partial charge in [-0.25, -0.2) is 9.78 Å². The van der Waals surface area contributed by atoms with E-state index in [9.17, 15) is 4.79 Å². The molecule has 1 atom stereocenters. The SMILES string of the molecule is CCOC(Cc1ccc(OCCc2nc(-c3ccccc3)sc2C)cn1)C(=O)O. The van der Waals surface area contributed by atoms with Gasteiger partial charge in [-0.15, -0.1) is 11.3 Å². The lowest BCUT2D eigenvalue weighted by molar-refractivity contribution is -0.150. The Morgan fingerprint density at radius 3 is 2.66 bits per heavy atom. The molecule has 1 N–H and O–H groups in total. The number of aryl methyl sites for hydroxylation is 1. The number of thiazole rings is 1. The molecule has 29 heavy (non-hydrogen) atoms. The van der Waals surface area contributed by atoms with Crippen LogP contribution in [0.4, 0.5) is 0 Å². The molecule has 7 heteroatoms. The Hall–Kier alpha value is -2.77. The molecule has 3 rings (SSSR count). The highest BCUT2D eigenvalue weighted by Crippen LogP contribution is 2.27. The number of nitrogens with zero attached hydrogens (tertiary/aromatic N) is 2. The maximum Gasteiger partial charge on any atom is 0.333 e. The second-order valence-corrected chi connectivity index (χ2v) is 7.66. The maximum absolute atomic E-state index is 11.2. The Labute approximate surface area is 174 Å². The second kappa shape index (κ2) is 10.1. The van der Waals surface area contributed by atoms with Crippen molar-refractivity contribution < 1.29 is 19.4 Å². The first kappa shape index (κ1) is 21.0. The summed E-state index contributed by atoms with van der Waals surface area (Å²) in [7, 11) is 0. The lowest BCUT2D eigenvalue weighted by Crippen LogP contribution is -2.26. The standard InChI is InChI=1S/C22H24N2O4S/c1-3-27-20(22(25)26)13-17-9-10-18(14-23-17)28-12-11-19-15(2)29-21(24-19)16-7-5-4-6-8-16/h4-10,14,20H,3,11-13H2,1-2H3,(H,25,26). The van der Waals surface area contributed by atoms with Gasteiger partial charge in [-0.2, -0.15) is 0 Å². The summed E-state index contributed by atoms with van der Waals surface area (Å²) in [4.78, 5) is 21.4. The van der Waals surface area contributed by atoms with Crippen LogP contribution in [0.3, 0.4) is 0 Å². The zero-order valence-corrected chi connectivity index (χ0v) is 17.3. The van der Waals surface area contributed by atoms with Crippen LogP contribution in [0.5, 0.6) is 5.75 Å². The number of hydrogen-bond acceptors (Lipinski definition) is 6. The van der Waals surface area contributed by atoms with Gasteiger partial charge < -0.3 is 14.6 Å². The number of carbonyl (C=O) groups is 1. The smallest absolute Gasteiger partial charge is 0.333 e. The van der Waals surface area contributed by atoms with Crippen LogP contribution in [0.1, 0.15) is 23.2 Å². The zero-order valence-electron chi connectivity index (χ0n) is 16.5. The highest BCUT2D eigenvalue weighted by Gasteiger charge is 2.18. The summed E-state index contributed by atoms with van der Waals surface area (Å²) in [6, 6.07) is 13.7. The van der Waals surface area contributed by atoms with E-state index in [0.29, 0.717) is 31.1 Å². The lowest BCUT2D eigenvalue weighted by atomic mass is 10.2. The topological polar surface area (TPSA) is 81.5 Å². The monoisotopic (exact) mass is 412 g/mol. The van der Waals surface area contributed by atoms with Gasteiger partial charge in [0, 0.05) is 35.6 Å². The van der Waals surface area contributed by atoms with E-state index < -0.39 is 12.1 Å². The van der Waals surface area contributed by atoms with Crippen molar-refractivity contribution in [1.29, 1.82) is 0 Å². The Bertz CT molecular complexity index is 926. The molecular weight excluding hydrogens is 388 g/mol. The molecule has 152 valence electrons. The quantitative estimate of drug-likeness (QED) is 0.538. The molecule has 2 aromatic heterocycles. The van der Waals surface area contributed by atoms with Gasteiger partial charge in [0.05, 0.1) is 18.5 Å². The average molecular weight is 413 g/mol. The maximum atomic E-state index is 11.2. The molecule has 0 aliphatic rings. The third-order valence-electron chi connectivity index (χ3n) is 4.36. The van der Waals surface area contributed by atoms with E-state index in [0.717, 1.165) is 16.3 Å². The predicted octanol–water partition coefficient (Wildman–Crippen LogP) is 4.17. The van der Waals surface area contributed by atoms with E-state index in [2.05, 4.69) is 24.0 Å². The van der Waals surface area contributed by atoms with Crippen molar-refractivity contribution in [1.82, 2.24) is 9.97 Å². The van der Waals surface area contributed by atoms with Crippen LogP contribution in [-0.4, -0.2) is 40.4 Å². The van der Waals surface area contributed by atoms with Crippen LogP contribution < -0.4 is 4.74 Å². The van der Waals surface area contributed by atoms with Crippen LogP contribution >= 0.6 is 11.3 Å². The number of carboxylic acids is 1. The molecule has 0 aliphatic carbocycles. The first-order valence-electron chi connectivity index (χ1n) is 9.50. The van der Waals surface area contributed by atoms with Crippen molar-refractivity contribution >= 4 is 17.3 Å². The molecule has 6 nitrogen and oxygen atoms in total. The predicted molar refractivity (Wildman–Crippen MR) is 112 cm³/mol. The molecule has 0 bridgehead atoms. The summed E-state index contributed by atoms with van der Waals surface area (Å²) >= 11 is 1.69. The number of benzene rings is 1. The molecule has 1 aromatic carbocycles. The van der Waals surface area contributed by atoms with E-state index in [4.69, 9.17) is 19.6 Å². The minimum absolute atomic E-state index is 0.226. The lowest BCUT2D eigenvalue weighted by Gasteiger charge is -2.12. The minimum Gasteiger partial charge on any atom is -0.492 e. The van der Waals surface area contributed by atoms with E-state index in [1.807, 2.05) is 18.2 Å². The summed E-state index contributed by atoms with van der Waals surface area (Å²) < 4.78 is 11.0. The Morgan fingerprint density at radius 2 is 2.00 bits per heavy atom. The third kappa shape index (κ3) is 5.85. The number of rotatable bonds is 10. The number of aromatic nitrogens is 2. The molecule has 0 radical (unpaired) electrons. The third-order valence-corrected chi connectivity index (χ3v) is 5.42.